The molecule has 0 radical (unpaired) electrons. The Labute approximate surface area is 490 Å². The zero-order valence-corrected chi connectivity index (χ0v) is 49.7. The van der Waals surface area contributed by atoms with Crippen LogP contribution in [0.5, 0.6) is 5.75 Å². The zero-order valence-electron chi connectivity index (χ0n) is 48.1. The number of fused-ring (bicyclic) bond motifs is 8. The van der Waals surface area contributed by atoms with Crippen LogP contribution in [0.2, 0.25) is 0 Å². The molecule has 444 valence electrons. The van der Waals surface area contributed by atoms with Gasteiger partial charge in [0.2, 0.25) is 0 Å². The van der Waals surface area contributed by atoms with Gasteiger partial charge in [0.05, 0.1) is 54.3 Å². The van der Waals surface area contributed by atoms with Crippen LogP contribution in [0, 0.1) is 106 Å². The van der Waals surface area contributed by atoms with Gasteiger partial charge in [0.15, 0.2) is 17.5 Å². The minimum atomic E-state index is -1.87. The fraction of sp³-hybridized carbons (Fsp3) is 0.692. The number of aliphatic hydroxyl groups is 5. The van der Waals surface area contributed by atoms with Crippen LogP contribution in [-0.4, -0.2) is 120 Å². The molecule has 0 unspecified atom stereocenters. The van der Waals surface area contributed by atoms with E-state index < -0.39 is 75.9 Å². The number of nitrogens with zero attached hydrogens (tertiary/aromatic N) is 1. The molecular weight excluding hydrogens is 1070 g/mol. The number of aromatic hydroxyl groups is 1. The largest absolute Gasteiger partial charge is 0.508 e. The summed E-state index contributed by atoms with van der Waals surface area (Å²) in [5, 5.41) is 79.4. The van der Waals surface area contributed by atoms with Gasteiger partial charge in [0, 0.05) is 84.2 Å². The van der Waals surface area contributed by atoms with Crippen molar-refractivity contribution < 1.29 is 49.8 Å². The van der Waals surface area contributed by atoms with Crippen molar-refractivity contribution in [2.75, 3.05) is 31.2 Å². The van der Waals surface area contributed by atoms with Crippen LogP contribution in [0.4, 0.5) is 0 Å². The summed E-state index contributed by atoms with van der Waals surface area (Å²) in [6.45, 7) is 8.51. The van der Waals surface area contributed by atoms with Gasteiger partial charge in [-0.2, -0.15) is 0 Å². The highest BCUT2D eigenvalue weighted by Crippen LogP contribution is 2.73. The number of aromatic amines is 1. The van der Waals surface area contributed by atoms with Crippen molar-refractivity contribution in [1.82, 2.24) is 10.3 Å². The maximum absolute atomic E-state index is 16.1. The minimum absolute atomic E-state index is 0.0381. The molecule has 2 saturated heterocycles. The highest BCUT2D eigenvalue weighted by Gasteiger charge is 2.75. The second-order valence-corrected chi connectivity index (χ2v) is 30.4. The number of guanidine groups is 1. The first-order chi connectivity index (χ1) is 39.2. The van der Waals surface area contributed by atoms with Gasteiger partial charge in [-0.1, -0.05) is 72.1 Å². The van der Waals surface area contributed by atoms with Gasteiger partial charge >= 0.3 is 5.97 Å². The number of carbonyl (C=O) groups is 3. The molecule has 3 heterocycles. The lowest BCUT2D eigenvalue weighted by atomic mass is 9.43. The number of aliphatic imine (C=N–C) groups is 1. The molecule has 2 aliphatic heterocycles. The molecule has 15 nitrogen and oxygen atoms in total. The second-order valence-electron chi connectivity index (χ2n) is 27.8. The zero-order chi connectivity index (χ0) is 57.8. The molecular formula is C65H87N5O10S2. The van der Waals surface area contributed by atoms with Crippen molar-refractivity contribution in [2.45, 2.75) is 153 Å². The molecule has 12 N–H and O–H groups in total. The SMILES string of the molecule is C[C@H]1CCC2=C[C@H]3CC[C@@H]4[C@@H]([C@@H]5COC(=O)[C@@H]5c5cc[nH]c5)C#CC[C@@H]5C[C@@]6(O)C7=C8NCC(=O)C[C@H](c9ccc(O)cc9)CSSC[C@H]9[C@@H](O)[C@@H](O)C[C@@](C)([C@@H]9C8=O)[C@H]7CC[C@]6(CCN=C(N)N)[C@H]5[C@@](C)(O)[C@H](O)C[C@@H](C)[C@H]3[C@@H]4[C@@H]2C1. The number of hydrogen-bond acceptors (Lipinski definition) is 14. The fourth-order valence-electron chi connectivity index (χ4n) is 20.2. The summed E-state index contributed by atoms with van der Waals surface area (Å²) in [7, 11) is 3.09. The number of phenols is 1. The summed E-state index contributed by atoms with van der Waals surface area (Å²) >= 11 is 0. The number of cyclic esters (lactones) is 1. The first-order valence-electron chi connectivity index (χ1n) is 30.8. The Hall–Kier alpha value is -4.28. The van der Waals surface area contributed by atoms with E-state index >= 15 is 4.79 Å². The number of hydrogen-bond donors (Lipinski definition) is 10. The van der Waals surface area contributed by atoms with Crippen LogP contribution in [-0.2, 0) is 19.1 Å². The third-order valence-electron chi connectivity index (χ3n) is 23.5. The predicted molar refractivity (Wildman–Crippen MR) is 316 cm³/mol. The van der Waals surface area contributed by atoms with E-state index in [2.05, 4.69) is 47.1 Å². The van der Waals surface area contributed by atoms with Gasteiger partial charge in [-0.05, 0) is 171 Å². The molecule has 10 aliphatic rings. The number of nitrogens with two attached hydrogens (primary N) is 2. The van der Waals surface area contributed by atoms with Crippen LogP contribution >= 0.6 is 21.6 Å². The predicted octanol–water partition coefficient (Wildman–Crippen LogP) is 7.13. The molecule has 17 heteroatoms. The quantitative estimate of drug-likeness (QED) is 0.0344. The summed E-state index contributed by atoms with van der Waals surface area (Å²) in [4.78, 5) is 52.3. The Morgan fingerprint density at radius 3 is 2.45 bits per heavy atom. The number of phenolic OH excluding ortho intramolecular Hbond substituents is 1. The number of aromatic nitrogens is 1. The number of ketones is 2. The molecule has 5 saturated carbocycles. The summed E-state index contributed by atoms with van der Waals surface area (Å²) < 4.78 is 6.06. The van der Waals surface area contributed by atoms with Gasteiger partial charge < -0.3 is 57.1 Å². The second kappa shape index (κ2) is 22.2. The van der Waals surface area contributed by atoms with E-state index in [9.17, 15) is 40.2 Å². The summed E-state index contributed by atoms with van der Waals surface area (Å²) in [6.07, 6.45) is 9.75. The first kappa shape index (κ1) is 58.1. The number of carbonyl (C=O) groups excluding carboxylic acids is 3. The Balaban J connectivity index is 1.02. The lowest BCUT2D eigenvalue weighted by molar-refractivity contribution is -0.194. The molecule has 1 aromatic carbocycles. The Morgan fingerprint density at radius 1 is 0.915 bits per heavy atom. The van der Waals surface area contributed by atoms with Crippen molar-refractivity contribution in [3.05, 3.63) is 76.8 Å². The normalized spacial score (nSPS) is 45.6. The van der Waals surface area contributed by atoms with Crippen LogP contribution in [0.15, 0.2) is 70.6 Å². The molecule has 0 spiro atoms. The highest BCUT2D eigenvalue weighted by atomic mass is 33.1. The standard InChI is InChI=1S/C65H87N5O10S2/c1-33-8-9-36-24-37-12-15-44-43(46-30-80-60(77)52(46)39-17-20-68-28-39)7-5-6-38-26-65(79)55-48(16-18-64(65,19-21-69-61(66)67)59(38)63(4,78)50(74)23-34(2)51(37)53(44)45(36)22-33)62(3)27-49(73)57(75)47-32-82-81-31-40(35-10-13-41(71)14-11-35)25-42(72)29-70-56(55)58(76)54(47)62/h10-11,13-14,17,20,24,28,33-34,37-38,40,43-54,57,59,68,70-71,73-75,78-79H,6,8-9,12,15-16,18-19,21-23,25-27,29-32H2,1-4H3,(H4,66,67,69)/t33-,34+,37+,38+,40-,43-,44+,45+,46-,47+,48-,49-,50+,51+,52+,53-,54-,57+,59+,62+,63-,64-,65+/m0/s1. The molecule has 82 heavy (non-hydrogen) atoms. The monoisotopic (exact) mass is 1160 g/mol. The fourth-order valence-corrected chi connectivity index (χ4v) is 22.9. The van der Waals surface area contributed by atoms with Crippen molar-refractivity contribution in [2.24, 2.45) is 110 Å². The van der Waals surface area contributed by atoms with Crippen LogP contribution < -0.4 is 16.8 Å². The van der Waals surface area contributed by atoms with Crippen molar-refractivity contribution in [3.63, 3.8) is 0 Å². The molecule has 12 rings (SSSR count). The first-order valence-corrected chi connectivity index (χ1v) is 33.3. The molecule has 8 aliphatic carbocycles. The Morgan fingerprint density at radius 2 is 1.70 bits per heavy atom. The van der Waals surface area contributed by atoms with E-state index in [0.29, 0.717) is 48.2 Å². The molecule has 6 bridgehead atoms. The summed E-state index contributed by atoms with van der Waals surface area (Å²) in [5.41, 5.74) is 10.2. The maximum atomic E-state index is 16.1. The van der Waals surface area contributed by atoms with Crippen molar-refractivity contribution in [1.29, 1.82) is 0 Å². The lowest BCUT2D eigenvalue weighted by Crippen LogP contribution is -2.67. The average molecular weight is 1160 g/mol. The van der Waals surface area contributed by atoms with Gasteiger partial charge in [0.1, 0.15) is 5.75 Å². The minimum Gasteiger partial charge on any atom is -0.508 e. The van der Waals surface area contributed by atoms with Gasteiger partial charge in [0.25, 0.3) is 0 Å². The molecule has 23 atom stereocenters. The van der Waals surface area contributed by atoms with Gasteiger partial charge in [-0.3, -0.25) is 19.4 Å². The number of esters is 1. The van der Waals surface area contributed by atoms with E-state index in [-0.39, 0.29) is 134 Å². The molecule has 0 amide bonds. The van der Waals surface area contributed by atoms with E-state index in [4.69, 9.17) is 16.2 Å². The van der Waals surface area contributed by atoms with Crippen LogP contribution in [0.1, 0.15) is 134 Å². The number of H-pyrrole nitrogens is 1. The molecule has 7 fully saturated rings. The number of Topliss-reactive ketones (excluding diaryl/α,β-unsaturated/α-hetero) is 2. The number of aliphatic hydroxyl groups excluding tert-OH is 3. The number of benzene rings is 1. The van der Waals surface area contributed by atoms with Crippen LogP contribution in [0.3, 0.4) is 0 Å². The topological polar surface area (TPSA) is 274 Å². The number of allylic oxidation sites excluding steroid dienone is 3. The smallest absolute Gasteiger partial charge is 0.313 e. The van der Waals surface area contributed by atoms with Crippen molar-refractivity contribution in [3.8, 4) is 17.6 Å². The Bertz CT molecular complexity index is 2930. The maximum Gasteiger partial charge on any atom is 0.313 e. The Kier molecular flexibility index (Phi) is 15.7. The van der Waals surface area contributed by atoms with E-state index in [1.54, 1.807) is 35.4 Å². The highest BCUT2D eigenvalue weighted by molar-refractivity contribution is 8.76. The van der Waals surface area contributed by atoms with Crippen LogP contribution in [0.25, 0.3) is 0 Å². The van der Waals surface area contributed by atoms with E-state index in [0.717, 1.165) is 43.2 Å². The third-order valence-corrected chi connectivity index (χ3v) is 26.1. The van der Waals surface area contributed by atoms with E-state index in [1.165, 1.54) is 10.8 Å². The number of ether oxygens (including phenoxy) is 1. The van der Waals surface area contributed by atoms with Gasteiger partial charge in [-0.25, -0.2) is 0 Å². The molecule has 1 aromatic heterocycles. The van der Waals surface area contributed by atoms with Crippen molar-refractivity contribution >= 4 is 45.1 Å². The number of rotatable bonds is 6. The van der Waals surface area contributed by atoms with Gasteiger partial charge in [-0.15, -0.1) is 5.92 Å². The third kappa shape index (κ3) is 9.61. The van der Waals surface area contributed by atoms with E-state index in [1.807, 2.05) is 37.5 Å². The summed E-state index contributed by atoms with van der Waals surface area (Å²) in [5.74, 6) is 5.06. The average Bonchev–Trinajstić information content (AvgIpc) is 1.38. The molecule has 2 aromatic rings. The lowest BCUT2D eigenvalue weighted by Gasteiger charge is -2.63. The summed E-state index contributed by atoms with van der Waals surface area (Å²) in [6, 6.07) is 8.84. The number of nitrogens with one attached hydrogen (secondary N) is 2.